The Hall–Kier alpha value is -1.88. The van der Waals surface area contributed by atoms with Crippen LogP contribution >= 0.6 is 43.5 Å². The summed E-state index contributed by atoms with van der Waals surface area (Å²) in [6.07, 6.45) is 0. The average molecular weight is 531 g/mol. The molecule has 0 radical (unpaired) electrons. The maximum absolute atomic E-state index is 6.93. The highest BCUT2D eigenvalue weighted by atomic mass is 79.9. The summed E-state index contributed by atoms with van der Waals surface area (Å²) in [6.45, 7) is 4.90. The second-order valence-corrected chi connectivity index (χ2v) is 9.33. The molecule has 29 heavy (non-hydrogen) atoms. The molecule has 1 aromatic heterocycles. The minimum absolute atomic E-state index is 0.656. The van der Waals surface area contributed by atoms with Crippen LogP contribution in [0, 0.1) is 13.8 Å². The summed E-state index contributed by atoms with van der Waals surface area (Å²) < 4.78 is 4.02. The minimum atomic E-state index is 0.656. The largest absolute Gasteiger partial charge is 0.258 e. The molecular weight excluding hydrogens is 512 g/mol. The van der Waals surface area contributed by atoms with Gasteiger partial charge in [0.25, 0.3) is 0 Å². The van der Waals surface area contributed by atoms with E-state index in [2.05, 4.69) is 76.0 Å². The zero-order chi connectivity index (χ0) is 20.5. The van der Waals surface area contributed by atoms with Crippen molar-refractivity contribution in [1.82, 2.24) is 9.78 Å². The molecule has 146 valence electrons. The third-order valence-corrected chi connectivity index (χ3v) is 6.26. The van der Waals surface area contributed by atoms with Crippen LogP contribution in [0.5, 0.6) is 0 Å². The van der Waals surface area contributed by atoms with Gasteiger partial charge in [0.1, 0.15) is 5.69 Å². The SMILES string of the molecule is Cc1ccc(C)c(Cn2nc(-c3cccc(Br)c3)c(Cl)c2-c2cccc(Br)c2)c1. The number of aryl methyl sites for hydroxylation is 2. The van der Waals surface area contributed by atoms with Crippen molar-refractivity contribution in [2.24, 2.45) is 0 Å². The number of halogens is 3. The highest BCUT2D eigenvalue weighted by Crippen LogP contribution is 2.38. The third kappa shape index (κ3) is 4.35. The highest BCUT2D eigenvalue weighted by Gasteiger charge is 2.20. The zero-order valence-corrected chi connectivity index (χ0v) is 20.0. The normalized spacial score (nSPS) is 11.1. The smallest absolute Gasteiger partial charge is 0.112 e. The molecule has 5 heteroatoms. The van der Waals surface area contributed by atoms with Crippen molar-refractivity contribution in [3.8, 4) is 22.5 Å². The maximum Gasteiger partial charge on any atom is 0.112 e. The van der Waals surface area contributed by atoms with E-state index in [1.165, 1.54) is 16.7 Å². The van der Waals surface area contributed by atoms with Gasteiger partial charge in [-0.25, -0.2) is 0 Å². The molecule has 0 fully saturated rings. The van der Waals surface area contributed by atoms with Crippen LogP contribution in [-0.4, -0.2) is 9.78 Å². The summed E-state index contributed by atoms with van der Waals surface area (Å²) in [5.41, 5.74) is 7.44. The van der Waals surface area contributed by atoms with Crippen LogP contribution in [0.1, 0.15) is 16.7 Å². The first kappa shape index (κ1) is 20.4. The standard InChI is InChI=1S/C24H19Br2ClN2/c1-15-9-10-16(2)19(11-15)14-29-24(18-6-4-8-21(26)13-18)22(27)23(28-29)17-5-3-7-20(25)12-17/h3-13H,14H2,1-2H3. The number of benzene rings is 3. The van der Waals surface area contributed by atoms with Crippen molar-refractivity contribution >= 4 is 43.5 Å². The van der Waals surface area contributed by atoms with E-state index >= 15 is 0 Å². The van der Waals surface area contributed by atoms with Gasteiger partial charge >= 0.3 is 0 Å². The zero-order valence-electron chi connectivity index (χ0n) is 16.1. The molecule has 3 aromatic carbocycles. The van der Waals surface area contributed by atoms with Crippen LogP contribution in [0.2, 0.25) is 5.02 Å². The molecule has 2 nitrogen and oxygen atoms in total. The number of aromatic nitrogens is 2. The monoisotopic (exact) mass is 528 g/mol. The van der Waals surface area contributed by atoms with Crippen LogP contribution in [0.4, 0.5) is 0 Å². The highest BCUT2D eigenvalue weighted by molar-refractivity contribution is 9.10. The van der Waals surface area contributed by atoms with E-state index in [0.29, 0.717) is 11.6 Å². The Kier molecular flexibility index (Phi) is 5.95. The quantitative estimate of drug-likeness (QED) is 0.261. The van der Waals surface area contributed by atoms with Gasteiger partial charge < -0.3 is 0 Å². The van der Waals surface area contributed by atoms with Gasteiger partial charge in [-0.3, -0.25) is 4.68 Å². The minimum Gasteiger partial charge on any atom is -0.258 e. The van der Waals surface area contributed by atoms with Crippen molar-refractivity contribution in [1.29, 1.82) is 0 Å². The first-order valence-corrected chi connectivity index (χ1v) is 11.2. The predicted octanol–water partition coefficient (Wildman–Crippen LogP) is 8.06. The molecule has 0 N–H and O–H groups in total. The second-order valence-electron chi connectivity index (χ2n) is 7.12. The van der Waals surface area contributed by atoms with Crippen LogP contribution in [-0.2, 0) is 6.54 Å². The van der Waals surface area contributed by atoms with Crippen LogP contribution in [0.25, 0.3) is 22.5 Å². The summed E-state index contributed by atoms with van der Waals surface area (Å²) >= 11 is 14.1. The van der Waals surface area contributed by atoms with E-state index in [4.69, 9.17) is 16.7 Å². The summed E-state index contributed by atoms with van der Waals surface area (Å²) in [5.74, 6) is 0. The van der Waals surface area contributed by atoms with E-state index in [1.807, 2.05) is 41.1 Å². The first-order chi connectivity index (χ1) is 13.9. The first-order valence-electron chi connectivity index (χ1n) is 9.26. The number of hydrogen-bond acceptors (Lipinski definition) is 1. The van der Waals surface area contributed by atoms with Crippen molar-refractivity contribution in [3.05, 3.63) is 97.4 Å². The molecule has 0 spiro atoms. The lowest BCUT2D eigenvalue weighted by molar-refractivity contribution is 0.693. The van der Waals surface area contributed by atoms with E-state index in [9.17, 15) is 0 Å². The van der Waals surface area contributed by atoms with E-state index in [0.717, 1.165) is 31.5 Å². The Bertz CT molecular complexity index is 1200. The summed E-state index contributed by atoms with van der Waals surface area (Å²) in [6, 6.07) is 22.8. The van der Waals surface area contributed by atoms with Gasteiger partial charge in [-0.1, -0.05) is 91.5 Å². The Morgan fingerprint density at radius 3 is 2.21 bits per heavy atom. The molecule has 0 amide bonds. The molecule has 4 aromatic rings. The van der Waals surface area contributed by atoms with Gasteiger partial charge in [-0.05, 0) is 49.2 Å². The second kappa shape index (κ2) is 8.47. The van der Waals surface area contributed by atoms with Crippen molar-refractivity contribution in [2.75, 3.05) is 0 Å². The summed E-state index contributed by atoms with van der Waals surface area (Å²) in [4.78, 5) is 0. The molecule has 0 unspecified atom stereocenters. The van der Waals surface area contributed by atoms with E-state index in [1.54, 1.807) is 0 Å². The Morgan fingerprint density at radius 2 is 1.52 bits per heavy atom. The lowest BCUT2D eigenvalue weighted by atomic mass is 10.1. The summed E-state index contributed by atoms with van der Waals surface area (Å²) in [7, 11) is 0. The number of rotatable bonds is 4. The fourth-order valence-electron chi connectivity index (χ4n) is 3.42. The lowest BCUT2D eigenvalue weighted by Gasteiger charge is -2.11. The van der Waals surface area contributed by atoms with E-state index in [-0.39, 0.29) is 0 Å². The van der Waals surface area contributed by atoms with Crippen molar-refractivity contribution in [3.63, 3.8) is 0 Å². The van der Waals surface area contributed by atoms with Crippen LogP contribution in [0.15, 0.2) is 75.7 Å². The molecule has 0 atom stereocenters. The van der Waals surface area contributed by atoms with Crippen LogP contribution < -0.4 is 0 Å². The molecule has 1 heterocycles. The molecule has 0 saturated heterocycles. The fourth-order valence-corrected chi connectivity index (χ4v) is 4.57. The predicted molar refractivity (Wildman–Crippen MR) is 129 cm³/mol. The maximum atomic E-state index is 6.93. The van der Waals surface area contributed by atoms with E-state index < -0.39 is 0 Å². The van der Waals surface area contributed by atoms with Crippen molar-refractivity contribution < 1.29 is 0 Å². The van der Waals surface area contributed by atoms with Gasteiger partial charge in [0.05, 0.1) is 17.3 Å². The Balaban J connectivity index is 1.91. The van der Waals surface area contributed by atoms with Crippen LogP contribution in [0.3, 0.4) is 0 Å². The van der Waals surface area contributed by atoms with Gasteiger partial charge in [-0.2, -0.15) is 5.10 Å². The molecule has 0 bridgehead atoms. The molecular formula is C24H19Br2ClN2. The fraction of sp³-hybridized carbons (Fsp3) is 0.125. The van der Waals surface area contributed by atoms with Gasteiger partial charge in [-0.15, -0.1) is 0 Å². The Morgan fingerprint density at radius 1 is 0.862 bits per heavy atom. The molecule has 0 aliphatic rings. The molecule has 4 rings (SSSR count). The van der Waals surface area contributed by atoms with Crippen molar-refractivity contribution in [2.45, 2.75) is 20.4 Å². The molecule has 0 aliphatic carbocycles. The lowest BCUT2D eigenvalue weighted by Crippen LogP contribution is -2.06. The number of nitrogens with zero attached hydrogens (tertiary/aromatic N) is 2. The van der Waals surface area contributed by atoms with Gasteiger partial charge in [0.2, 0.25) is 0 Å². The topological polar surface area (TPSA) is 17.8 Å². The average Bonchev–Trinajstić information content (AvgIpc) is 3.01. The molecule has 0 aliphatic heterocycles. The molecule has 0 saturated carbocycles. The van der Waals surface area contributed by atoms with Gasteiger partial charge in [0.15, 0.2) is 0 Å². The summed E-state index contributed by atoms with van der Waals surface area (Å²) in [5, 5.41) is 5.60. The number of hydrogen-bond donors (Lipinski definition) is 0. The Labute approximate surface area is 192 Å². The third-order valence-electron chi connectivity index (χ3n) is 4.92. The van der Waals surface area contributed by atoms with Gasteiger partial charge in [0, 0.05) is 20.1 Å².